The summed E-state index contributed by atoms with van der Waals surface area (Å²) in [5, 5.41) is 23.4. The third kappa shape index (κ3) is 3.55. The second-order valence-corrected chi connectivity index (χ2v) is 7.33. The van der Waals surface area contributed by atoms with Crippen molar-refractivity contribution >= 4 is 18.0 Å². The number of likely N-dealkylation sites (tertiary alicyclic amines) is 1. The first kappa shape index (κ1) is 20.1. The molecule has 28 heavy (non-hydrogen) atoms. The minimum absolute atomic E-state index is 0.368. The first-order chi connectivity index (χ1) is 13.4. The maximum atomic E-state index is 12.2. The lowest BCUT2D eigenvalue weighted by molar-refractivity contribution is -0.543. The molecule has 1 aliphatic rings. The first-order valence-electron chi connectivity index (χ1n) is 8.82. The molecule has 1 aliphatic heterocycles. The molecule has 0 aliphatic carbocycles. The maximum Gasteiger partial charge on any atom is 0.244 e. The third-order valence-corrected chi connectivity index (χ3v) is 5.68. The summed E-state index contributed by atoms with van der Waals surface area (Å²) in [6.45, 7) is 1.71. The Labute approximate surface area is 167 Å². The lowest BCUT2D eigenvalue weighted by Crippen LogP contribution is -2.57. The summed E-state index contributed by atoms with van der Waals surface area (Å²) in [7, 11) is 1.54. The Morgan fingerprint density at radius 1 is 1.14 bits per heavy atom. The molecular formula is C20H21ClN2O5. The number of methoxy groups -OCH3 is 1. The zero-order valence-electron chi connectivity index (χ0n) is 15.4. The van der Waals surface area contributed by atoms with Crippen molar-refractivity contribution in [1.82, 2.24) is 4.90 Å². The molecule has 1 fully saturated rings. The molecule has 148 valence electrons. The summed E-state index contributed by atoms with van der Waals surface area (Å²) < 4.78 is 5.16. The van der Waals surface area contributed by atoms with Crippen molar-refractivity contribution in [3.05, 3.63) is 74.8 Å². The second kappa shape index (κ2) is 8.16. The van der Waals surface area contributed by atoms with Crippen molar-refractivity contribution in [2.45, 2.75) is 31.2 Å². The second-order valence-electron chi connectivity index (χ2n) is 6.90. The number of carbonyl (C=O) groups is 1. The predicted molar refractivity (Wildman–Crippen MR) is 104 cm³/mol. The number of carbonyl (C=O) groups excluding carboxylic acids is 1. The standard InChI is InChI=1S/C20H21ClN2O5/c1-12-17(13-5-9-16(28-2)10-6-13)19(23(26)27)18(22(11-24)20(12)25)14-3-7-15(21)8-4-14/h3-12,17-20,25H,1-2H3/t12-,17+,18-,19+,20+/m1/s1. The van der Waals surface area contributed by atoms with E-state index in [4.69, 9.17) is 16.3 Å². The Balaban J connectivity index is 2.13. The average molecular weight is 405 g/mol. The molecule has 0 aromatic heterocycles. The summed E-state index contributed by atoms with van der Waals surface area (Å²) in [4.78, 5) is 24.7. The summed E-state index contributed by atoms with van der Waals surface area (Å²) in [5.74, 6) is -0.514. The zero-order chi connectivity index (χ0) is 20.4. The number of ether oxygens (including phenoxy) is 1. The van der Waals surface area contributed by atoms with E-state index >= 15 is 0 Å². The topological polar surface area (TPSA) is 92.9 Å². The molecule has 1 heterocycles. The number of aliphatic hydroxyl groups is 1. The van der Waals surface area contributed by atoms with E-state index in [0.29, 0.717) is 28.3 Å². The fourth-order valence-electron chi connectivity index (χ4n) is 4.04. The number of nitrogens with zero attached hydrogens (tertiary/aromatic N) is 2. The van der Waals surface area contributed by atoms with Crippen LogP contribution >= 0.6 is 11.6 Å². The van der Waals surface area contributed by atoms with Crippen molar-refractivity contribution < 1.29 is 19.6 Å². The number of hydrogen-bond acceptors (Lipinski definition) is 5. The van der Waals surface area contributed by atoms with E-state index in [0.717, 1.165) is 4.90 Å². The number of benzene rings is 2. The van der Waals surface area contributed by atoms with Crippen LogP contribution in [0.5, 0.6) is 5.75 Å². The van der Waals surface area contributed by atoms with Crippen LogP contribution in [0.4, 0.5) is 0 Å². The molecule has 0 saturated carbocycles. The fourth-order valence-corrected chi connectivity index (χ4v) is 4.16. The summed E-state index contributed by atoms with van der Waals surface area (Å²) >= 11 is 5.95. The molecule has 0 spiro atoms. The van der Waals surface area contributed by atoms with Crippen molar-refractivity contribution in [2.24, 2.45) is 5.92 Å². The minimum Gasteiger partial charge on any atom is -0.497 e. The Morgan fingerprint density at radius 2 is 1.71 bits per heavy atom. The van der Waals surface area contributed by atoms with E-state index in [-0.39, 0.29) is 4.92 Å². The van der Waals surface area contributed by atoms with Crippen LogP contribution in [0.15, 0.2) is 48.5 Å². The van der Waals surface area contributed by atoms with Gasteiger partial charge < -0.3 is 14.7 Å². The van der Waals surface area contributed by atoms with E-state index < -0.39 is 30.1 Å². The van der Waals surface area contributed by atoms with Gasteiger partial charge in [0.2, 0.25) is 12.5 Å². The number of rotatable bonds is 5. The zero-order valence-corrected chi connectivity index (χ0v) is 16.2. The normalized spacial score (nSPS) is 27.3. The monoisotopic (exact) mass is 404 g/mol. The molecule has 0 radical (unpaired) electrons. The van der Waals surface area contributed by atoms with Crippen LogP contribution in [0.1, 0.15) is 30.0 Å². The molecular weight excluding hydrogens is 384 g/mol. The van der Waals surface area contributed by atoms with E-state index in [1.54, 1.807) is 62.6 Å². The van der Waals surface area contributed by atoms with Gasteiger partial charge in [0.1, 0.15) is 18.0 Å². The van der Waals surface area contributed by atoms with Gasteiger partial charge in [0, 0.05) is 15.9 Å². The molecule has 1 saturated heterocycles. The highest BCUT2D eigenvalue weighted by Gasteiger charge is 2.54. The van der Waals surface area contributed by atoms with Gasteiger partial charge in [-0.3, -0.25) is 14.9 Å². The van der Waals surface area contributed by atoms with Crippen molar-refractivity contribution in [1.29, 1.82) is 0 Å². The molecule has 2 aromatic carbocycles. The SMILES string of the molecule is COc1ccc([C@@H]2[C@@H](C)[C@H](O)N(C=O)[C@H](c3ccc(Cl)cc3)[C@H]2[N+](=O)[O-])cc1. The fraction of sp³-hybridized carbons (Fsp3) is 0.350. The van der Waals surface area contributed by atoms with E-state index in [2.05, 4.69) is 0 Å². The third-order valence-electron chi connectivity index (χ3n) is 5.43. The highest BCUT2D eigenvalue weighted by molar-refractivity contribution is 6.30. The van der Waals surface area contributed by atoms with Gasteiger partial charge in [0.25, 0.3) is 0 Å². The van der Waals surface area contributed by atoms with Gasteiger partial charge in [0.05, 0.1) is 13.0 Å². The molecule has 0 bridgehead atoms. The maximum absolute atomic E-state index is 12.2. The smallest absolute Gasteiger partial charge is 0.244 e. The molecule has 5 atom stereocenters. The van der Waals surface area contributed by atoms with Gasteiger partial charge in [-0.25, -0.2) is 0 Å². The minimum atomic E-state index is -1.17. The van der Waals surface area contributed by atoms with E-state index in [1.807, 2.05) is 0 Å². The quantitative estimate of drug-likeness (QED) is 0.469. The van der Waals surface area contributed by atoms with Crippen LogP contribution in [-0.4, -0.2) is 40.7 Å². The highest BCUT2D eigenvalue weighted by atomic mass is 35.5. The number of nitro groups is 1. The number of halogens is 1. The van der Waals surface area contributed by atoms with Gasteiger partial charge in [0.15, 0.2) is 0 Å². The largest absolute Gasteiger partial charge is 0.497 e. The van der Waals surface area contributed by atoms with Crippen LogP contribution in [0.2, 0.25) is 5.02 Å². The molecule has 8 heteroatoms. The molecule has 2 aromatic rings. The Hall–Kier alpha value is -2.64. The first-order valence-corrected chi connectivity index (χ1v) is 9.20. The van der Waals surface area contributed by atoms with Gasteiger partial charge >= 0.3 is 0 Å². The Morgan fingerprint density at radius 3 is 2.21 bits per heavy atom. The summed E-state index contributed by atoms with van der Waals surface area (Å²) in [5.41, 5.74) is 1.25. The van der Waals surface area contributed by atoms with E-state index in [9.17, 15) is 20.0 Å². The summed E-state index contributed by atoms with van der Waals surface area (Å²) in [6, 6.07) is 11.4. The molecule has 7 nitrogen and oxygen atoms in total. The molecule has 1 N–H and O–H groups in total. The van der Waals surface area contributed by atoms with Crippen LogP contribution < -0.4 is 4.74 Å². The Bertz CT molecular complexity index is 843. The van der Waals surface area contributed by atoms with Crippen molar-refractivity contribution in [3.63, 3.8) is 0 Å². The number of hydrogen-bond donors (Lipinski definition) is 1. The van der Waals surface area contributed by atoms with Crippen LogP contribution in [-0.2, 0) is 4.79 Å². The number of piperidine rings is 1. The molecule has 0 unspecified atom stereocenters. The van der Waals surface area contributed by atoms with Crippen molar-refractivity contribution in [2.75, 3.05) is 7.11 Å². The molecule has 1 amide bonds. The number of aliphatic hydroxyl groups excluding tert-OH is 1. The lowest BCUT2D eigenvalue weighted by Gasteiger charge is -2.46. The van der Waals surface area contributed by atoms with Crippen LogP contribution in [0, 0.1) is 16.0 Å². The average Bonchev–Trinajstić information content (AvgIpc) is 2.70. The van der Waals surface area contributed by atoms with Gasteiger partial charge in [-0.2, -0.15) is 0 Å². The van der Waals surface area contributed by atoms with Gasteiger partial charge in [-0.1, -0.05) is 42.8 Å². The summed E-state index contributed by atoms with van der Waals surface area (Å²) in [6.07, 6.45) is -0.692. The van der Waals surface area contributed by atoms with Crippen molar-refractivity contribution in [3.8, 4) is 5.75 Å². The van der Waals surface area contributed by atoms with Gasteiger partial charge in [-0.05, 0) is 35.4 Å². The van der Waals surface area contributed by atoms with Gasteiger partial charge in [-0.15, -0.1) is 0 Å². The number of amides is 1. The van der Waals surface area contributed by atoms with Crippen LogP contribution in [0.25, 0.3) is 0 Å². The predicted octanol–water partition coefficient (Wildman–Crippen LogP) is 3.25. The molecule has 3 rings (SSSR count). The van der Waals surface area contributed by atoms with Crippen LogP contribution in [0.3, 0.4) is 0 Å². The highest BCUT2D eigenvalue weighted by Crippen LogP contribution is 2.46. The van der Waals surface area contributed by atoms with E-state index in [1.165, 1.54) is 0 Å². The lowest BCUT2D eigenvalue weighted by atomic mass is 9.72. The Kier molecular flexibility index (Phi) is 5.86.